The van der Waals surface area contributed by atoms with Crippen LogP contribution in [0.1, 0.15) is 65.9 Å². The summed E-state index contributed by atoms with van der Waals surface area (Å²) in [6, 6.07) is 3.28. The number of carbonyl (C=O) groups is 5. The number of carbonyl (C=O) groups excluding carboxylic acids is 5. The molecule has 2 aliphatic rings. The van der Waals surface area contributed by atoms with Crippen molar-refractivity contribution in [2.45, 2.75) is 108 Å². The summed E-state index contributed by atoms with van der Waals surface area (Å²) < 4.78 is 10.5. The molecule has 6 atom stereocenters. The molecular formula is C31H47N5O9. The van der Waals surface area contributed by atoms with E-state index in [0.29, 0.717) is 30.6 Å². The van der Waals surface area contributed by atoms with E-state index in [1.54, 1.807) is 45.0 Å². The molecule has 0 aliphatic carbocycles. The van der Waals surface area contributed by atoms with Crippen LogP contribution in [0.25, 0.3) is 0 Å². The average Bonchev–Trinajstić information content (AvgIpc) is 3.61. The number of rotatable bonds is 11. The van der Waals surface area contributed by atoms with Crippen molar-refractivity contribution in [3.05, 3.63) is 29.8 Å². The third-order valence-electron chi connectivity index (χ3n) is 8.15. The number of nitrogens with zero attached hydrogens (tertiary/aromatic N) is 2. The molecule has 2 aliphatic heterocycles. The van der Waals surface area contributed by atoms with Crippen molar-refractivity contribution in [1.29, 1.82) is 0 Å². The van der Waals surface area contributed by atoms with E-state index in [4.69, 9.17) is 15.2 Å². The molecule has 45 heavy (non-hydrogen) atoms. The molecule has 1 aromatic carbocycles. The molecule has 3 rings (SSSR count). The van der Waals surface area contributed by atoms with Crippen molar-refractivity contribution in [2.75, 3.05) is 20.2 Å². The van der Waals surface area contributed by atoms with Crippen LogP contribution in [0, 0.1) is 0 Å². The molecule has 2 heterocycles. The first kappa shape index (κ1) is 35.6. The number of primary amides is 1. The molecular weight excluding hydrogens is 586 g/mol. The van der Waals surface area contributed by atoms with E-state index in [0.717, 1.165) is 0 Å². The largest absolute Gasteiger partial charge is 0.497 e. The van der Waals surface area contributed by atoms with Crippen molar-refractivity contribution < 1.29 is 43.7 Å². The van der Waals surface area contributed by atoms with Crippen LogP contribution in [0.4, 0.5) is 4.79 Å². The molecule has 2 fully saturated rings. The van der Waals surface area contributed by atoms with Gasteiger partial charge in [0.25, 0.3) is 0 Å². The molecule has 1 unspecified atom stereocenters. The first-order valence-corrected chi connectivity index (χ1v) is 15.2. The van der Waals surface area contributed by atoms with Gasteiger partial charge in [-0.05, 0) is 78.0 Å². The van der Waals surface area contributed by atoms with Crippen LogP contribution in [0.2, 0.25) is 0 Å². The Morgan fingerprint density at radius 3 is 2.16 bits per heavy atom. The van der Waals surface area contributed by atoms with E-state index in [-0.39, 0.29) is 25.9 Å². The highest BCUT2D eigenvalue weighted by Crippen LogP contribution is 2.36. The molecule has 2 saturated heterocycles. The molecule has 0 aromatic heterocycles. The highest BCUT2D eigenvalue weighted by Gasteiger charge is 2.53. The minimum atomic E-state index is -1.47. The Labute approximate surface area is 263 Å². The van der Waals surface area contributed by atoms with Gasteiger partial charge >= 0.3 is 6.09 Å². The van der Waals surface area contributed by atoms with Gasteiger partial charge in [0.15, 0.2) is 0 Å². The topological polar surface area (TPSA) is 201 Å². The fraction of sp³-hybridized carbons (Fsp3) is 0.645. The van der Waals surface area contributed by atoms with E-state index in [1.807, 2.05) is 0 Å². The van der Waals surface area contributed by atoms with Crippen LogP contribution in [0.3, 0.4) is 0 Å². The number of nitrogens with one attached hydrogen (secondary N) is 2. The van der Waals surface area contributed by atoms with Gasteiger partial charge in [0.1, 0.15) is 35.0 Å². The molecule has 250 valence electrons. The number of aliphatic hydroxyl groups is 2. The molecule has 1 aromatic rings. The number of alkyl carbamates (subject to hydrolysis) is 1. The number of nitrogens with two attached hydrogens (primary N) is 1. The molecule has 0 saturated carbocycles. The number of hydrogen-bond donors (Lipinski definition) is 5. The number of amides is 5. The Kier molecular flexibility index (Phi) is 11.4. The maximum atomic E-state index is 14.3. The Bertz CT molecular complexity index is 1250. The monoisotopic (exact) mass is 633 g/mol. The van der Waals surface area contributed by atoms with Gasteiger partial charge in [0.2, 0.25) is 23.6 Å². The van der Waals surface area contributed by atoms with E-state index < -0.39 is 71.2 Å². The lowest BCUT2D eigenvalue weighted by atomic mass is 9.86. The zero-order valence-corrected chi connectivity index (χ0v) is 26.9. The zero-order valence-electron chi connectivity index (χ0n) is 26.9. The highest BCUT2D eigenvalue weighted by molar-refractivity contribution is 5.98. The summed E-state index contributed by atoms with van der Waals surface area (Å²) in [7, 11) is 1.53. The first-order chi connectivity index (χ1) is 21.0. The second-order valence-electron chi connectivity index (χ2n) is 12.8. The maximum Gasteiger partial charge on any atom is 0.408 e. The highest BCUT2D eigenvalue weighted by atomic mass is 16.6. The SMILES string of the molecule is COc1ccc(C[C@@]2(C(=O)NC(C(N)=O)[C@@H](C)O)CCCN2C(=O)[C@@H]2CCCN2C(=O)[C@@H](NC(=O)OC(C)(C)C)[C@@H](C)O)cc1. The molecule has 14 nitrogen and oxygen atoms in total. The van der Waals surface area contributed by atoms with Crippen LogP contribution in [0.15, 0.2) is 24.3 Å². The third kappa shape index (κ3) is 8.42. The van der Waals surface area contributed by atoms with Crippen LogP contribution >= 0.6 is 0 Å². The van der Waals surface area contributed by atoms with Crippen LogP contribution in [-0.4, -0.2) is 111 Å². The minimum absolute atomic E-state index is 0.0804. The lowest BCUT2D eigenvalue weighted by molar-refractivity contribution is -0.153. The summed E-state index contributed by atoms with van der Waals surface area (Å²) in [6.07, 6.45) is -1.89. The van der Waals surface area contributed by atoms with E-state index in [9.17, 15) is 34.2 Å². The molecule has 0 bridgehead atoms. The summed E-state index contributed by atoms with van der Waals surface area (Å²) in [5, 5.41) is 25.6. The summed E-state index contributed by atoms with van der Waals surface area (Å²) >= 11 is 0. The van der Waals surface area contributed by atoms with Crippen LogP contribution < -0.4 is 21.1 Å². The zero-order chi connectivity index (χ0) is 33.7. The van der Waals surface area contributed by atoms with Gasteiger partial charge < -0.3 is 45.9 Å². The van der Waals surface area contributed by atoms with Crippen molar-refractivity contribution in [1.82, 2.24) is 20.4 Å². The normalized spacial score (nSPS) is 22.6. The molecule has 6 N–H and O–H groups in total. The van der Waals surface area contributed by atoms with Crippen molar-refractivity contribution in [3.63, 3.8) is 0 Å². The number of methoxy groups -OCH3 is 1. The van der Waals surface area contributed by atoms with E-state index in [2.05, 4.69) is 10.6 Å². The Morgan fingerprint density at radius 2 is 1.62 bits per heavy atom. The second-order valence-corrected chi connectivity index (χ2v) is 12.8. The number of aliphatic hydroxyl groups excluding tert-OH is 2. The van der Waals surface area contributed by atoms with Gasteiger partial charge in [-0.3, -0.25) is 19.2 Å². The maximum absolute atomic E-state index is 14.3. The number of hydrogen-bond acceptors (Lipinski definition) is 9. The number of ether oxygens (including phenoxy) is 2. The fourth-order valence-electron chi connectivity index (χ4n) is 5.95. The smallest absolute Gasteiger partial charge is 0.408 e. The summed E-state index contributed by atoms with van der Waals surface area (Å²) in [4.78, 5) is 69.5. The Hall–Kier alpha value is -3.91. The van der Waals surface area contributed by atoms with Crippen molar-refractivity contribution >= 4 is 29.7 Å². The number of benzene rings is 1. The van der Waals surface area contributed by atoms with E-state index in [1.165, 1.54) is 30.8 Å². The first-order valence-electron chi connectivity index (χ1n) is 15.2. The molecule has 0 spiro atoms. The van der Waals surface area contributed by atoms with Crippen molar-refractivity contribution in [3.8, 4) is 5.75 Å². The third-order valence-corrected chi connectivity index (χ3v) is 8.15. The molecule has 5 amide bonds. The average molecular weight is 634 g/mol. The van der Waals surface area contributed by atoms with Gasteiger partial charge in [0.05, 0.1) is 19.3 Å². The standard InChI is InChI=1S/C31H47N5O9/c1-18(37)23(25(32)39)33-28(42)31(17-20-10-12-21(44-6)13-11-20)14-8-16-36(31)26(40)22-9-7-15-35(22)27(41)24(19(2)38)34-29(43)45-30(3,4)5/h10-13,18-19,22-24,37-38H,7-9,14-17H2,1-6H3,(H2,32,39)(H,33,42)(H,34,43)/t18-,19-,22+,23?,24+,31-/m1/s1. The lowest BCUT2D eigenvalue weighted by Gasteiger charge is -2.41. The number of likely N-dealkylation sites (tertiary alicyclic amines) is 2. The van der Waals surface area contributed by atoms with E-state index >= 15 is 0 Å². The summed E-state index contributed by atoms with van der Waals surface area (Å²) in [6.45, 7) is 8.08. The quantitative estimate of drug-likeness (QED) is 0.226. The van der Waals surface area contributed by atoms with Gasteiger partial charge in [-0.1, -0.05) is 12.1 Å². The summed E-state index contributed by atoms with van der Waals surface area (Å²) in [5.74, 6) is -2.11. The Balaban J connectivity index is 1.95. The van der Waals surface area contributed by atoms with Gasteiger partial charge in [0, 0.05) is 19.5 Å². The Morgan fingerprint density at radius 1 is 1.00 bits per heavy atom. The summed E-state index contributed by atoms with van der Waals surface area (Å²) in [5.41, 5.74) is 3.88. The lowest BCUT2D eigenvalue weighted by Crippen LogP contribution is -2.65. The van der Waals surface area contributed by atoms with Crippen LogP contribution in [-0.2, 0) is 30.3 Å². The predicted molar refractivity (Wildman–Crippen MR) is 163 cm³/mol. The predicted octanol–water partition coefficient (Wildman–Crippen LogP) is 0.215. The minimum Gasteiger partial charge on any atom is -0.497 e. The fourth-order valence-corrected chi connectivity index (χ4v) is 5.95. The van der Waals surface area contributed by atoms with Crippen molar-refractivity contribution in [2.24, 2.45) is 5.73 Å². The second kappa shape index (κ2) is 14.5. The molecule has 0 radical (unpaired) electrons. The van der Waals surface area contributed by atoms with Gasteiger partial charge in [-0.2, -0.15) is 0 Å². The van der Waals surface area contributed by atoms with Crippen LogP contribution in [0.5, 0.6) is 5.75 Å². The van der Waals surface area contributed by atoms with Gasteiger partial charge in [-0.25, -0.2) is 4.79 Å². The van der Waals surface area contributed by atoms with Gasteiger partial charge in [-0.15, -0.1) is 0 Å². The molecule has 14 heteroatoms.